The van der Waals surface area contributed by atoms with Crippen molar-refractivity contribution in [1.29, 1.82) is 0 Å². The highest BCUT2D eigenvalue weighted by Gasteiger charge is 2.18. The second-order valence-electron chi connectivity index (χ2n) is 6.13. The minimum atomic E-state index is -1.23. The number of carboxylic acid groups (broad SMARTS) is 4. The second-order valence-corrected chi connectivity index (χ2v) is 6.13. The molecule has 0 fully saturated rings. The van der Waals surface area contributed by atoms with Crippen LogP contribution in [0.25, 0.3) is 10.8 Å². The summed E-state index contributed by atoms with van der Waals surface area (Å²) in [7, 11) is 0. The van der Waals surface area contributed by atoms with Crippen LogP contribution >= 0.6 is 0 Å². The maximum atomic E-state index is 11.1. The van der Waals surface area contributed by atoms with Crippen LogP contribution in [0.3, 0.4) is 0 Å². The van der Waals surface area contributed by atoms with E-state index in [0.29, 0.717) is 10.8 Å². The van der Waals surface area contributed by atoms with E-state index in [-0.39, 0.29) is 22.6 Å². The Bertz CT molecular complexity index is 1120. The minimum absolute atomic E-state index is 0.161. The van der Waals surface area contributed by atoms with Crippen molar-refractivity contribution in [3.05, 3.63) is 71.8 Å². The predicted octanol–water partition coefficient (Wildman–Crippen LogP) is 2.85. The second kappa shape index (κ2) is 11.0. The number of hydrogen-bond acceptors (Lipinski definition) is 6. The van der Waals surface area contributed by atoms with Gasteiger partial charge in [-0.15, -0.1) is 0 Å². The molecule has 0 spiro atoms. The molecule has 10 nitrogen and oxygen atoms in total. The first-order valence-electron chi connectivity index (χ1n) is 8.97. The number of benzene rings is 3. The Labute approximate surface area is 180 Å². The summed E-state index contributed by atoms with van der Waals surface area (Å²) in [5, 5.41) is 36.0. The standard InChI is InChI=1S/C12H8O4.C10H10O6/c13-11(14)9-6-5-7-3-1-2-4-8(7)10(9)12(15)16;11-9(12)5-15-7-3-1-2-4-8(7)16-6-10(13)14/h1-6H,(H,13,14)(H,15,16);1-4H,5-6H2,(H,11,12)(H,13,14). The number of hydrogen-bond donors (Lipinski definition) is 4. The molecule has 0 aliphatic heterocycles. The quantitative estimate of drug-likeness (QED) is 0.407. The van der Waals surface area contributed by atoms with E-state index in [4.69, 9.17) is 29.9 Å². The van der Waals surface area contributed by atoms with Crippen LogP contribution in [0.15, 0.2) is 60.7 Å². The molecule has 0 aliphatic carbocycles. The number of ether oxygens (including phenoxy) is 2. The zero-order valence-corrected chi connectivity index (χ0v) is 16.4. The van der Waals surface area contributed by atoms with Gasteiger partial charge in [-0.3, -0.25) is 0 Å². The van der Waals surface area contributed by atoms with Crippen molar-refractivity contribution in [1.82, 2.24) is 0 Å². The third-order valence-electron chi connectivity index (χ3n) is 3.92. The van der Waals surface area contributed by atoms with Gasteiger partial charge >= 0.3 is 23.9 Å². The van der Waals surface area contributed by atoms with Gasteiger partial charge in [0.15, 0.2) is 24.7 Å². The minimum Gasteiger partial charge on any atom is -0.479 e. The van der Waals surface area contributed by atoms with Gasteiger partial charge in [0.1, 0.15) is 0 Å². The molecule has 0 saturated heterocycles. The van der Waals surface area contributed by atoms with E-state index in [0.717, 1.165) is 0 Å². The molecule has 3 aromatic carbocycles. The monoisotopic (exact) mass is 442 g/mol. The van der Waals surface area contributed by atoms with Crippen LogP contribution in [0, 0.1) is 0 Å². The Balaban J connectivity index is 0.000000227. The van der Waals surface area contributed by atoms with E-state index in [1.165, 1.54) is 18.2 Å². The van der Waals surface area contributed by atoms with Crippen molar-refractivity contribution in [2.75, 3.05) is 13.2 Å². The van der Waals surface area contributed by atoms with Crippen molar-refractivity contribution in [2.45, 2.75) is 0 Å². The van der Waals surface area contributed by atoms with Gasteiger partial charge in [0.2, 0.25) is 0 Å². The Morgan fingerprint density at radius 1 is 0.625 bits per heavy atom. The van der Waals surface area contributed by atoms with E-state index in [1.807, 2.05) is 0 Å². The number of fused-ring (bicyclic) bond motifs is 1. The van der Waals surface area contributed by atoms with Crippen molar-refractivity contribution < 1.29 is 49.1 Å². The number of para-hydroxylation sites is 2. The van der Waals surface area contributed by atoms with E-state index < -0.39 is 37.1 Å². The first-order valence-corrected chi connectivity index (χ1v) is 8.97. The van der Waals surface area contributed by atoms with Crippen LogP contribution in [-0.4, -0.2) is 57.5 Å². The zero-order chi connectivity index (χ0) is 23.7. The van der Waals surface area contributed by atoms with Gasteiger partial charge in [0, 0.05) is 0 Å². The van der Waals surface area contributed by atoms with Gasteiger partial charge in [-0.05, 0) is 29.0 Å². The Hall–Kier alpha value is -4.60. The van der Waals surface area contributed by atoms with Crippen LogP contribution in [-0.2, 0) is 9.59 Å². The average molecular weight is 442 g/mol. The molecule has 3 aromatic rings. The summed E-state index contributed by atoms with van der Waals surface area (Å²) in [5.41, 5.74) is -0.350. The normalized spacial score (nSPS) is 9.88. The largest absolute Gasteiger partial charge is 0.479 e. The van der Waals surface area contributed by atoms with Crippen LogP contribution in [0.2, 0.25) is 0 Å². The van der Waals surface area contributed by atoms with Gasteiger partial charge in [0.05, 0.1) is 11.1 Å². The summed E-state index contributed by atoms with van der Waals surface area (Å²) in [4.78, 5) is 42.6. The number of carbonyl (C=O) groups is 4. The topological polar surface area (TPSA) is 168 Å². The molecule has 0 radical (unpaired) electrons. The van der Waals surface area contributed by atoms with Gasteiger partial charge < -0.3 is 29.9 Å². The predicted molar refractivity (Wildman–Crippen MR) is 111 cm³/mol. The Morgan fingerprint density at radius 2 is 1.12 bits per heavy atom. The highest BCUT2D eigenvalue weighted by molar-refractivity contribution is 6.11. The highest BCUT2D eigenvalue weighted by Crippen LogP contribution is 2.26. The maximum Gasteiger partial charge on any atom is 0.341 e. The molecule has 0 aromatic heterocycles. The molecular formula is C22H18O10. The van der Waals surface area contributed by atoms with Crippen molar-refractivity contribution in [3.63, 3.8) is 0 Å². The molecular weight excluding hydrogens is 424 g/mol. The third-order valence-corrected chi connectivity index (χ3v) is 3.92. The van der Waals surface area contributed by atoms with Crippen molar-refractivity contribution in [3.8, 4) is 11.5 Å². The summed E-state index contributed by atoms with van der Waals surface area (Å²) >= 11 is 0. The molecule has 0 aliphatic rings. The molecule has 10 heteroatoms. The molecule has 3 rings (SSSR count). The lowest BCUT2D eigenvalue weighted by molar-refractivity contribution is -0.140. The third kappa shape index (κ3) is 6.46. The molecule has 32 heavy (non-hydrogen) atoms. The fourth-order valence-corrected chi connectivity index (χ4v) is 2.65. The van der Waals surface area contributed by atoms with Gasteiger partial charge in [-0.25, -0.2) is 19.2 Å². The molecule has 0 bridgehead atoms. The lowest BCUT2D eigenvalue weighted by atomic mass is 9.99. The lowest BCUT2D eigenvalue weighted by Crippen LogP contribution is -2.12. The first-order chi connectivity index (χ1) is 15.2. The fourth-order valence-electron chi connectivity index (χ4n) is 2.65. The zero-order valence-electron chi connectivity index (χ0n) is 16.4. The van der Waals surface area contributed by atoms with E-state index in [1.54, 1.807) is 42.5 Å². The molecule has 0 heterocycles. The van der Waals surface area contributed by atoms with E-state index in [2.05, 4.69) is 0 Å². The van der Waals surface area contributed by atoms with Gasteiger partial charge in [-0.1, -0.05) is 42.5 Å². The van der Waals surface area contributed by atoms with Crippen molar-refractivity contribution >= 4 is 34.6 Å². The molecule has 0 unspecified atom stereocenters. The smallest absolute Gasteiger partial charge is 0.341 e. The van der Waals surface area contributed by atoms with Crippen LogP contribution in [0.1, 0.15) is 20.7 Å². The lowest BCUT2D eigenvalue weighted by Gasteiger charge is -2.09. The molecule has 0 saturated carbocycles. The summed E-state index contributed by atoms with van der Waals surface area (Å²) in [6, 6.07) is 16.0. The molecule has 0 atom stereocenters. The van der Waals surface area contributed by atoms with Crippen LogP contribution in [0.5, 0.6) is 11.5 Å². The SMILES string of the molecule is O=C(O)COc1ccccc1OCC(=O)O.O=C(O)c1ccc2ccccc2c1C(=O)O. The average Bonchev–Trinajstić information content (AvgIpc) is 2.76. The summed E-state index contributed by atoms with van der Waals surface area (Å²) in [6.45, 7) is -1.01. The summed E-state index contributed by atoms with van der Waals surface area (Å²) in [6.07, 6.45) is 0. The summed E-state index contributed by atoms with van der Waals surface area (Å²) in [5.74, 6) is -4.30. The molecule has 4 N–H and O–H groups in total. The number of rotatable bonds is 8. The van der Waals surface area contributed by atoms with Crippen LogP contribution in [0.4, 0.5) is 0 Å². The van der Waals surface area contributed by atoms with E-state index in [9.17, 15) is 19.2 Å². The number of aliphatic carboxylic acids is 2. The first kappa shape index (κ1) is 23.7. The maximum absolute atomic E-state index is 11.1. The van der Waals surface area contributed by atoms with Gasteiger partial charge in [-0.2, -0.15) is 0 Å². The summed E-state index contributed by atoms with van der Waals surface area (Å²) < 4.78 is 9.83. The molecule has 166 valence electrons. The number of carboxylic acids is 4. The Morgan fingerprint density at radius 3 is 1.59 bits per heavy atom. The molecule has 0 amide bonds. The fraction of sp³-hybridized carbons (Fsp3) is 0.0909. The van der Waals surface area contributed by atoms with Crippen molar-refractivity contribution in [2.24, 2.45) is 0 Å². The number of aromatic carboxylic acids is 2. The van der Waals surface area contributed by atoms with Gasteiger partial charge in [0.25, 0.3) is 0 Å². The highest BCUT2D eigenvalue weighted by atomic mass is 16.5. The van der Waals surface area contributed by atoms with Crippen LogP contribution < -0.4 is 9.47 Å². The van der Waals surface area contributed by atoms with E-state index >= 15 is 0 Å². The Kier molecular flexibility index (Phi) is 8.12.